The summed E-state index contributed by atoms with van der Waals surface area (Å²) in [6, 6.07) is 7.65. The van der Waals surface area contributed by atoms with Crippen molar-refractivity contribution in [1.82, 2.24) is 4.90 Å². The lowest BCUT2D eigenvalue weighted by Gasteiger charge is -2.29. The fourth-order valence-electron chi connectivity index (χ4n) is 2.43. The standard InChI is InChI=1S/C15H18N2O4/c1-16(10-15(20)21)13(18)8-9-17-12-5-3-2-4-11(12)6-7-14(17)19/h2-5H,6-10H2,1H3,(H,20,21). The van der Waals surface area contributed by atoms with Gasteiger partial charge in [0.25, 0.3) is 0 Å². The number of hydrogen-bond acceptors (Lipinski definition) is 3. The van der Waals surface area contributed by atoms with E-state index in [1.807, 2.05) is 24.3 Å². The van der Waals surface area contributed by atoms with Gasteiger partial charge in [0.05, 0.1) is 0 Å². The number of carboxylic acid groups (broad SMARTS) is 1. The van der Waals surface area contributed by atoms with Gasteiger partial charge in [0.1, 0.15) is 6.54 Å². The highest BCUT2D eigenvalue weighted by molar-refractivity contribution is 5.97. The molecule has 0 atom stereocenters. The van der Waals surface area contributed by atoms with Crippen molar-refractivity contribution in [2.45, 2.75) is 19.3 Å². The van der Waals surface area contributed by atoms with E-state index in [1.165, 1.54) is 7.05 Å². The number of benzene rings is 1. The number of carbonyl (C=O) groups is 3. The maximum absolute atomic E-state index is 12.0. The molecule has 0 saturated heterocycles. The van der Waals surface area contributed by atoms with Crippen LogP contribution in [-0.2, 0) is 20.8 Å². The van der Waals surface area contributed by atoms with Crippen LogP contribution in [0.5, 0.6) is 0 Å². The maximum atomic E-state index is 12.0. The zero-order valence-corrected chi connectivity index (χ0v) is 11.9. The summed E-state index contributed by atoms with van der Waals surface area (Å²) < 4.78 is 0. The van der Waals surface area contributed by atoms with Crippen LogP contribution >= 0.6 is 0 Å². The van der Waals surface area contributed by atoms with Crippen molar-refractivity contribution >= 4 is 23.5 Å². The van der Waals surface area contributed by atoms with Crippen LogP contribution in [0.3, 0.4) is 0 Å². The molecular formula is C15H18N2O4. The Morgan fingerprint density at radius 3 is 2.71 bits per heavy atom. The number of anilines is 1. The second-order valence-electron chi connectivity index (χ2n) is 5.07. The van der Waals surface area contributed by atoms with Crippen molar-refractivity contribution in [3.63, 3.8) is 0 Å². The number of aliphatic carboxylic acids is 1. The van der Waals surface area contributed by atoms with E-state index in [0.717, 1.165) is 22.6 Å². The minimum Gasteiger partial charge on any atom is -0.480 e. The first-order valence-electron chi connectivity index (χ1n) is 6.83. The van der Waals surface area contributed by atoms with Crippen molar-refractivity contribution in [3.8, 4) is 0 Å². The summed E-state index contributed by atoms with van der Waals surface area (Å²) >= 11 is 0. The highest BCUT2D eigenvalue weighted by Crippen LogP contribution is 2.27. The van der Waals surface area contributed by atoms with Gasteiger partial charge in [-0.25, -0.2) is 0 Å². The number of carbonyl (C=O) groups excluding carboxylic acids is 2. The fourth-order valence-corrected chi connectivity index (χ4v) is 2.43. The van der Waals surface area contributed by atoms with Crippen LogP contribution in [0.15, 0.2) is 24.3 Å². The van der Waals surface area contributed by atoms with E-state index in [-0.39, 0.29) is 31.3 Å². The second-order valence-corrected chi connectivity index (χ2v) is 5.07. The second kappa shape index (κ2) is 6.39. The molecule has 1 heterocycles. The molecule has 0 aromatic heterocycles. The van der Waals surface area contributed by atoms with Crippen LogP contribution < -0.4 is 4.90 Å². The fraction of sp³-hybridized carbons (Fsp3) is 0.400. The van der Waals surface area contributed by atoms with Gasteiger partial charge in [-0.3, -0.25) is 14.4 Å². The third kappa shape index (κ3) is 3.59. The van der Waals surface area contributed by atoms with Crippen molar-refractivity contribution in [3.05, 3.63) is 29.8 Å². The van der Waals surface area contributed by atoms with Crippen LogP contribution in [0.1, 0.15) is 18.4 Å². The highest BCUT2D eigenvalue weighted by Gasteiger charge is 2.24. The molecule has 2 amide bonds. The zero-order valence-electron chi connectivity index (χ0n) is 11.9. The van der Waals surface area contributed by atoms with Gasteiger partial charge < -0.3 is 14.9 Å². The monoisotopic (exact) mass is 290 g/mol. The summed E-state index contributed by atoms with van der Waals surface area (Å²) in [5.41, 5.74) is 1.95. The van der Waals surface area contributed by atoms with Gasteiger partial charge >= 0.3 is 5.97 Å². The van der Waals surface area contributed by atoms with Crippen molar-refractivity contribution in [2.75, 3.05) is 25.0 Å². The number of carboxylic acids is 1. The van der Waals surface area contributed by atoms with E-state index in [2.05, 4.69) is 0 Å². The number of likely N-dealkylation sites (N-methyl/N-ethyl adjacent to an activating group) is 1. The number of para-hydroxylation sites is 1. The molecule has 1 aromatic carbocycles. The number of aryl methyl sites for hydroxylation is 1. The average Bonchev–Trinajstić information content (AvgIpc) is 2.45. The Labute approximate surface area is 123 Å². The summed E-state index contributed by atoms with van der Waals surface area (Å²) in [7, 11) is 1.45. The molecule has 0 fully saturated rings. The molecule has 0 aliphatic carbocycles. The largest absolute Gasteiger partial charge is 0.480 e. The normalized spacial score (nSPS) is 13.8. The van der Waals surface area contributed by atoms with Gasteiger partial charge in [0, 0.05) is 32.1 Å². The molecule has 0 bridgehead atoms. The van der Waals surface area contributed by atoms with Crippen molar-refractivity contribution in [1.29, 1.82) is 0 Å². The number of amides is 2. The predicted molar refractivity (Wildman–Crippen MR) is 77.0 cm³/mol. The quantitative estimate of drug-likeness (QED) is 0.874. The minimum atomic E-state index is -1.05. The van der Waals surface area contributed by atoms with Crippen LogP contribution in [-0.4, -0.2) is 47.9 Å². The molecule has 0 radical (unpaired) electrons. The molecule has 0 saturated carbocycles. The van der Waals surface area contributed by atoms with Crippen molar-refractivity contribution in [2.24, 2.45) is 0 Å². The SMILES string of the molecule is CN(CC(=O)O)C(=O)CCN1C(=O)CCc2ccccc21. The Balaban J connectivity index is 2.01. The number of rotatable bonds is 5. The van der Waals surface area contributed by atoms with E-state index in [4.69, 9.17) is 5.11 Å². The molecule has 112 valence electrons. The first-order chi connectivity index (χ1) is 9.99. The average molecular weight is 290 g/mol. The molecule has 0 spiro atoms. The molecule has 1 N–H and O–H groups in total. The van der Waals surface area contributed by atoms with Gasteiger partial charge in [-0.1, -0.05) is 18.2 Å². The number of fused-ring (bicyclic) bond motifs is 1. The first-order valence-corrected chi connectivity index (χ1v) is 6.83. The van der Waals surface area contributed by atoms with Gasteiger partial charge in [0.2, 0.25) is 11.8 Å². The van der Waals surface area contributed by atoms with E-state index in [9.17, 15) is 14.4 Å². The van der Waals surface area contributed by atoms with E-state index in [0.29, 0.717) is 6.42 Å². The molecular weight excluding hydrogens is 272 g/mol. The Morgan fingerprint density at radius 1 is 1.29 bits per heavy atom. The van der Waals surface area contributed by atoms with Gasteiger partial charge in [-0.05, 0) is 18.1 Å². The molecule has 1 aliphatic heterocycles. The van der Waals surface area contributed by atoms with Crippen LogP contribution in [0.4, 0.5) is 5.69 Å². The Kier molecular flexibility index (Phi) is 4.57. The molecule has 1 aromatic rings. The lowest BCUT2D eigenvalue weighted by Crippen LogP contribution is -2.39. The predicted octanol–water partition coefficient (Wildman–Crippen LogP) is 0.899. The van der Waals surface area contributed by atoms with Crippen molar-refractivity contribution < 1.29 is 19.5 Å². The Hall–Kier alpha value is -2.37. The van der Waals surface area contributed by atoms with E-state index >= 15 is 0 Å². The topological polar surface area (TPSA) is 77.9 Å². The molecule has 1 aliphatic rings. The molecule has 2 rings (SSSR count). The van der Waals surface area contributed by atoms with Gasteiger partial charge in [0.15, 0.2) is 0 Å². The van der Waals surface area contributed by atoms with Crippen LogP contribution in [0.25, 0.3) is 0 Å². The molecule has 6 heteroatoms. The molecule has 21 heavy (non-hydrogen) atoms. The summed E-state index contributed by atoms with van der Waals surface area (Å²) in [5.74, 6) is -1.33. The summed E-state index contributed by atoms with van der Waals surface area (Å²) in [4.78, 5) is 37.2. The lowest BCUT2D eigenvalue weighted by molar-refractivity contribution is -0.143. The van der Waals surface area contributed by atoms with Gasteiger partial charge in [-0.15, -0.1) is 0 Å². The van der Waals surface area contributed by atoms with E-state index in [1.54, 1.807) is 4.90 Å². The van der Waals surface area contributed by atoms with Crippen LogP contribution in [0.2, 0.25) is 0 Å². The third-order valence-corrected chi connectivity index (χ3v) is 3.54. The van der Waals surface area contributed by atoms with E-state index < -0.39 is 5.97 Å². The Morgan fingerprint density at radius 2 is 2.00 bits per heavy atom. The highest BCUT2D eigenvalue weighted by atomic mass is 16.4. The lowest BCUT2D eigenvalue weighted by atomic mass is 10.0. The van der Waals surface area contributed by atoms with Gasteiger partial charge in [-0.2, -0.15) is 0 Å². The zero-order chi connectivity index (χ0) is 15.4. The maximum Gasteiger partial charge on any atom is 0.323 e. The Bertz CT molecular complexity index is 571. The summed E-state index contributed by atoms with van der Waals surface area (Å²) in [5, 5.41) is 8.66. The number of hydrogen-bond donors (Lipinski definition) is 1. The summed E-state index contributed by atoms with van der Waals surface area (Å²) in [6.45, 7) is -0.0536. The third-order valence-electron chi connectivity index (χ3n) is 3.54. The first kappa shape index (κ1) is 15.0. The number of nitrogens with zero attached hydrogens (tertiary/aromatic N) is 2. The molecule has 0 unspecified atom stereocenters. The minimum absolute atomic E-state index is 0.00221. The summed E-state index contributed by atoms with van der Waals surface area (Å²) in [6.07, 6.45) is 1.28. The molecule has 6 nitrogen and oxygen atoms in total. The smallest absolute Gasteiger partial charge is 0.323 e. The van der Waals surface area contributed by atoms with Crippen LogP contribution in [0, 0.1) is 0 Å².